The van der Waals surface area contributed by atoms with Gasteiger partial charge in [-0.05, 0) is 62.6 Å². The summed E-state index contributed by atoms with van der Waals surface area (Å²) in [6.07, 6.45) is 2.18. The lowest BCUT2D eigenvalue weighted by atomic mass is 9.97. The Morgan fingerprint density at radius 2 is 1.79 bits per heavy atom. The van der Waals surface area contributed by atoms with Gasteiger partial charge in [0.05, 0.1) is 24.2 Å². The highest BCUT2D eigenvalue weighted by Gasteiger charge is 2.35. The second-order valence-corrected chi connectivity index (χ2v) is 11.0. The van der Waals surface area contributed by atoms with Crippen LogP contribution in [0.1, 0.15) is 46.8 Å². The summed E-state index contributed by atoms with van der Waals surface area (Å²) in [7, 11) is -3.95. The lowest BCUT2D eigenvalue weighted by molar-refractivity contribution is -0.143. The summed E-state index contributed by atoms with van der Waals surface area (Å²) in [6, 6.07) is 8.18. The van der Waals surface area contributed by atoms with Gasteiger partial charge in [-0.15, -0.1) is 0 Å². The predicted molar refractivity (Wildman–Crippen MR) is 127 cm³/mol. The van der Waals surface area contributed by atoms with Crippen molar-refractivity contribution >= 4 is 33.4 Å². The topological polar surface area (TPSA) is 109 Å². The minimum absolute atomic E-state index is 0.0138. The van der Waals surface area contributed by atoms with Crippen molar-refractivity contribution in [3.63, 3.8) is 0 Å². The Morgan fingerprint density at radius 1 is 1.15 bits per heavy atom. The molecule has 0 bridgehead atoms. The van der Waals surface area contributed by atoms with Gasteiger partial charge < -0.3 is 14.6 Å². The van der Waals surface area contributed by atoms with Crippen molar-refractivity contribution in [2.24, 2.45) is 5.92 Å². The second kappa shape index (κ2) is 11.2. The first-order valence-corrected chi connectivity index (χ1v) is 12.6. The third-order valence-corrected chi connectivity index (χ3v) is 7.01. The standard InChI is InChI=1S/C23H32ClN3O5S/c1-6-23(4,5)26-22(29)21(16(2)3)27(15-18-8-7-13-32-18)20(28)14-25-33(30,31)19-11-9-17(24)10-12-19/h7-13,16,21,25H,6,14-15H2,1-5H3,(H,26,29). The summed E-state index contributed by atoms with van der Waals surface area (Å²) < 4.78 is 33.0. The molecule has 0 saturated heterocycles. The number of carbonyl (C=O) groups is 2. The smallest absolute Gasteiger partial charge is 0.243 e. The van der Waals surface area contributed by atoms with Crippen molar-refractivity contribution in [3.8, 4) is 0 Å². The van der Waals surface area contributed by atoms with E-state index >= 15 is 0 Å². The van der Waals surface area contributed by atoms with Crippen molar-refractivity contribution in [1.82, 2.24) is 14.9 Å². The van der Waals surface area contributed by atoms with Gasteiger partial charge in [-0.25, -0.2) is 13.1 Å². The van der Waals surface area contributed by atoms with Crippen molar-refractivity contribution < 1.29 is 22.4 Å². The molecule has 0 aliphatic heterocycles. The molecule has 0 fully saturated rings. The largest absolute Gasteiger partial charge is 0.467 e. The fourth-order valence-electron chi connectivity index (χ4n) is 3.17. The Labute approximate surface area is 200 Å². The van der Waals surface area contributed by atoms with E-state index in [-0.39, 0.29) is 23.3 Å². The van der Waals surface area contributed by atoms with E-state index in [0.717, 1.165) is 0 Å². The van der Waals surface area contributed by atoms with Crippen LogP contribution in [-0.4, -0.2) is 43.3 Å². The van der Waals surface area contributed by atoms with Gasteiger partial charge >= 0.3 is 0 Å². The SMILES string of the molecule is CCC(C)(C)NC(=O)C(C(C)C)N(Cc1ccco1)C(=O)CNS(=O)(=O)c1ccc(Cl)cc1. The zero-order valence-electron chi connectivity index (χ0n) is 19.6. The fourth-order valence-corrected chi connectivity index (χ4v) is 4.27. The van der Waals surface area contributed by atoms with Crippen LogP contribution in [-0.2, 0) is 26.2 Å². The highest BCUT2D eigenvalue weighted by Crippen LogP contribution is 2.19. The summed E-state index contributed by atoms with van der Waals surface area (Å²) in [5, 5.41) is 3.39. The molecule has 2 N–H and O–H groups in total. The molecule has 0 saturated carbocycles. The van der Waals surface area contributed by atoms with E-state index in [2.05, 4.69) is 10.0 Å². The number of sulfonamides is 1. The van der Waals surface area contributed by atoms with Crippen LogP contribution in [0.4, 0.5) is 0 Å². The molecular weight excluding hydrogens is 466 g/mol. The van der Waals surface area contributed by atoms with E-state index in [9.17, 15) is 18.0 Å². The maximum atomic E-state index is 13.2. The summed E-state index contributed by atoms with van der Waals surface area (Å²) >= 11 is 5.83. The number of nitrogens with one attached hydrogen (secondary N) is 2. The molecule has 33 heavy (non-hydrogen) atoms. The normalized spacial score (nSPS) is 13.1. The van der Waals surface area contributed by atoms with Gasteiger partial charge in [-0.3, -0.25) is 9.59 Å². The number of furan rings is 1. The number of rotatable bonds is 11. The zero-order chi connectivity index (χ0) is 24.8. The van der Waals surface area contributed by atoms with E-state index in [0.29, 0.717) is 17.2 Å². The summed E-state index contributed by atoms with van der Waals surface area (Å²) in [4.78, 5) is 27.8. The third-order valence-electron chi connectivity index (χ3n) is 5.35. The lowest BCUT2D eigenvalue weighted by Crippen LogP contribution is -2.57. The fraction of sp³-hybridized carbons (Fsp3) is 0.478. The number of nitrogens with zero attached hydrogens (tertiary/aromatic N) is 1. The molecule has 2 amide bonds. The zero-order valence-corrected chi connectivity index (χ0v) is 21.2. The minimum Gasteiger partial charge on any atom is -0.467 e. The predicted octanol–water partition coefficient (Wildman–Crippen LogP) is 3.57. The molecule has 2 aromatic rings. The Morgan fingerprint density at radius 3 is 2.30 bits per heavy atom. The van der Waals surface area contributed by atoms with E-state index in [4.69, 9.17) is 16.0 Å². The van der Waals surface area contributed by atoms with Crippen LogP contribution in [0.5, 0.6) is 0 Å². The highest BCUT2D eigenvalue weighted by atomic mass is 35.5. The number of hydrogen-bond donors (Lipinski definition) is 2. The van der Waals surface area contributed by atoms with Crippen molar-refractivity contribution in [2.75, 3.05) is 6.54 Å². The molecule has 1 aromatic carbocycles. The summed E-state index contributed by atoms with van der Waals surface area (Å²) in [5.74, 6) is -0.606. The molecule has 0 aliphatic rings. The van der Waals surface area contributed by atoms with E-state index in [1.807, 2.05) is 34.6 Å². The molecule has 0 radical (unpaired) electrons. The molecule has 1 aromatic heterocycles. The molecular formula is C23H32ClN3O5S. The molecule has 0 aliphatic carbocycles. The van der Waals surface area contributed by atoms with Crippen LogP contribution in [0.2, 0.25) is 5.02 Å². The average Bonchev–Trinajstić information content (AvgIpc) is 3.24. The van der Waals surface area contributed by atoms with E-state index < -0.39 is 34.1 Å². The first-order chi connectivity index (χ1) is 15.4. The average molecular weight is 498 g/mol. The van der Waals surface area contributed by atoms with Crippen LogP contribution in [0.15, 0.2) is 52.0 Å². The van der Waals surface area contributed by atoms with Gasteiger partial charge in [0, 0.05) is 10.6 Å². The van der Waals surface area contributed by atoms with E-state index in [1.54, 1.807) is 12.1 Å². The van der Waals surface area contributed by atoms with Crippen LogP contribution in [0, 0.1) is 5.92 Å². The van der Waals surface area contributed by atoms with Crippen molar-refractivity contribution in [3.05, 3.63) is 53.4 Å². The lowest BCUT2D eigenvalue weighted by Gasteiger charge is -2.36. The van der Waals surface area contributed by atoms with Crippen molar-refractivity contribution in [2.45, 2.75) is 64.1 Å². The van der Waals surface area contributed by atoms with Crippen LogP contribution < -0.4 is 10.0 Å². The molecule has 2 rings (SSSR count). The Kier molecular flexibility index (Phi) is 9.11. The molecule has 1 heterocycles. The van der Waals surface area contributed by atoms with Gasteiger partial charge in [-0.2, -0.15) is 0 Å². The molecule has 1 unspecified atom stereocenters. The summed E-state index contributed by atoms with van der Waals surface area (Å²) in [5.41, 5.74) is -0.459. The van der Waals surface area contributed by atoms with Crippen LogP contribution >= 0.6 is 11.6 Å². The Balaban J connectivity index is 2.28. The number of benzene rings is 1. The van der Waals surface area contributed by atoms with Crippen molar-refractivity contribution in [1.29, 1.82) is 0 Å². The third kappa shape index (κ3) is 7.58. The van der Waals surface area contributed by atoms with Gasteiger partial charge in [0.2, 0.25) is 21.8 Å². The molecule has 10 heteroatoms. The second-order valence-electron chi connectivity index (χ2n) is 8.80. The van der Waals surface area contributed by atoms with Gasteiger partial charge in [-0.1, -0.05) is 32.4 Å². The van der Waals surface area contributed by atoms with Gasteiger partial charge in [0.1, 0.15) is 11.8 Å². The Bertz CT molecular complexity index is 1030. The van der Waals surface area contributed by atoms with Crippen LogP contribution in [0.3, 0.4) is 0 Å². The highest BCUT2D eigenvalue weighted by molar-refractivity contribution is 7.89. The summed E-state index contributed by atoms with van der Waals surface area (Å²) in [6.45, 7) is 8.95. The molecule has 1 atom stereocenters. The number of halogens is 1. The number of amides is 2. The number of carbonyl (C=O) groups excluding carboxylic acids is 2. The first kappa shape index (κ1) is 26.9. The van der Waals surface area contributed by atoms with Gasteiger partial charge in [0.15, 0.2) is 0 Å². The minimum atomic E-state index is -3.95. The van der Waals surface area contributed by atoms with Gasteiger partial charge in [0.25, 0.3) is 0 Å². The quantitative estimate of drug-likeness (QED) is 0.493. The maximum Gasteiger partial charge on any atom is 0.243 e. The monoisotopic (exact) mass is 497 g/mol. The number of hydrogen-bond acceptors (Lipinski definition) is 5. The van der Waals surface area contributed by atoms with E-state index in [1.165, 1.54) is 35.4 Å². The Hall–Kier alpha value is -2.36. The maximum absolute atomic E-state index is 13.2. The molecule has 8 nitrogen and oxygen atoms in total. The van der Waals surface area contributed by atoms with Crippen LogP contribution in [0.25, 0.3) is 0 Å². The molecule has 182 valence electrons. The molecule has 0 spiro atoms. The first-order valence-electron chi connectivity index (χ1n) is 10.8.